The zero-order valence-corrected chi connectivity index (χ0v) is 18.7. The van der Waals surface area contributed by atoms with E-state index in [9.17, 15) is 9.18 Å². The smallest absolute Gasteiger partial charge is 0.255 e. The molecule has 2 aromatic heterocycles. The Morgan fingerprint density at radius 2 is 2.21 bits per heavy atom. The number of ether oxygens (including phenoxy) is 3. The van der Waals surface area contributed by atoms with Crippen molar-refractivity contribution in [1.82, 2.24) is 20.6 Å². The number of methoxy groups -OCH3 is 1. The fourth-order valence-corrected chi connectivity index (χ4v) is 4.27. The summed E-state index contributed by atoms with van der Waals surface area (Å²) in [7, 11) is 1.40. The number of morpholine rings is 1. The second kappa shape index (κ2) is 9.70. The van der Waals surface area contributed by atoms with Crippen LogP contribution in [0.2, 0.25) is 0 Å². The Labute approximate surface area is 196 Å². The summed E-state index contributed by atoms with van der Waals surface area (Å²) in [6.45, 7) is 2.96. The molecule has 1 amide bonds. The van der Waals surface area contributed by atoms with E-state index >= 15 is 0 Å². The first kappa shape index (κ1) is 22.2. The van der Waals surface area contributed by atoms with Crippen LogP contribution < -0.4 is 25.4 Å². The van der Waals surface area contributed by atoms with E-state index in [2.05, 4.69) is 25.9 Å². The highest BCUT2D eigenvalue weighted by Crippen LogP contribution is 2.41. The molecule has 1 aromatic carbocycles. The maximum Gasteiger partial charge on any atom is 0.255 e. The van der Waals surface area contributed by atoms with Gasteiger partial charge in [0.05, 0.1) is 55.2 Å². The summed E-state index contributed by atoms with van der Waals surface area (Å²) in [6, 6.07) is 6.49. The van der Waals surface area contributed by atoms with Crippen molar-refractivity contribution in [2.45, 2.75) is 12.5 Å². The standard InChI is InChI=1S/C24H26FN5O4/c1-32-23-16(25)3-2-4-18(23)30-22-20-17(6-8-28-24(20)31)29-21(22)15-5-7-26-11-19(15)34-13-14-12-33-10-9-27-14/h2-5,7,11,14,27,29-30H,6,8-10,12-13H2,1H3,(H,28,31)/t14-/m1/s1. The fraction of sp³-hybridized carbons (Fsp3) is 0.333. The van der Waals surface area contributed by atoms with Crippen molar-refractivity contribution >= 4 is 17.3 Å². The SMILES string of the molecule is COc1c(F)cccc1Nc1c(-c2ccncc2OC[C@H]2COCCN2)[nH]c2c1C(=O)NCC2. The quantitative estimate of drug-likeness (QED) is 0.423. The van der Waals surface area contributed by atoms with Crippen LogP contribution in [0.15, 0.2) is 36.7 Å². The Bertz CT molecular complexity index is 1190. The first-order chi connectivity index (χ1) is 16.7. The Morgan fingerprint density at radius 1 is 1.29 bits per heavy atom. The molecule has 34 heavy (non-hydrogen) atoms. The number of fused-ring (bicyclic) bond motifs is 1. The van der Waals surface area contributed by atoms with Crippen LogP contribution in [0.3, 0.4) is 0 Å². The maximum absolute atomic E-state index is 14.4. The van der Waals surface area contributed by atoms with Gasteiger partial charge in [-0.15, -0.1) is 0 Å². The number of nitrogens with zero attached hydrogens (tertiary/aromatic N) is 1. The van der Waals surface area contributed by atoms with Crippen LogP contribution in [0, 0.1) is 5.82 Å². The van der Waals surface area contributed by atoms with Gasteiger partial charge in [-0.25, -0.2) is 4.39 Å². The van der Waals surface area contributed by atoms with Gasteiger partial charge in [-0.2, -0.15) is 0 Å². The Balaban J connectivity index is 1.55. The molecule has 0 saturated carbocycles. The minimum Gasteiger partial charge on any atom is -0.492 e. The first-order valence-corrected chi connectivity index (χ1v) is 11.2. The monoisotopic (exact) mass is 467 g/mol. The number of benzene rings is 1. The molecule has 178 valence electrons. The number of amides is 1. The molecule has 0 unspecified atom stereocenters. The highest BCUT2D eigenvalue weighted by Gasteiger charge is 2.29. The van der Waals surface area contributed by atoms with Crippen LogP contribution in [0.4, 0.5) is 15.8 Å². The van der Waals surface area contributed by atoms with Gasteiger partial charge < -0.3 is 35.1 Å². The summed E-state index contributed by atoms with van der Waals surface area (Å²) in [5.74, 6) is -0.0860. The van der Waals surface area contributed by atoms with E-state index in [-0.39, 0.29) is 17.7 Å². The number of carbonyl (C=O) groups excluding carboxylic acids is 1. The molecular formula is C24H26FN5O4. The molecule has 3 aromatic rings. The lowest BCUT2D eigenvalue weighted by Crippen LogP contribution is -2.44. The molecule has 1 atom stereocenters. The van der Waals surface area contributed by atoms with E-state index in [0.717, 1.165) is 17.8 Å². The van der Waals surface area contributed by atoms with Gasteiger partial charge >= 0.3 is 0 Å². The molecule has 9 nitrogen and oxygen atoms in total. The third-order valence-corrected chi connectivity index (χ3v) is 5.89. The highest BCUT2D eigenvalue weighted by molar-refractivity contribution is 6.06. The van der Waals surface area contributed by atoms with Gasteiger partial charge in [0, 0.05) is 37.0 Å². The Morgan fingerprint density at radius 3 is 3.03 bits per heavy atom. The number of hydrogen-bond acceptors (Lipinski definition) is 7. The zero-order valence-electron chi connectivity index (χ0n) is 18.7. The number of para-hydroxylation sites is 1. The number of aromatic nitrogens is 2. The van der Waals surface area contributed by atoms with Crippen molar-refractivity contribution < 1.29 is 23.4 Å². The number of anilines is 2. The van der Waals surface area contributed by atoms with E-state index in [1.807, 2.05) is 6.07 Å². The van der Waals surface area contributed by atoms with E-state index < -0.39 is 5.82 Å². The number of rotatable bonds is 7. The number of nitrogens with one attached hydrogen (secondary N) is 4. The Kier molecular flexibility index (Phi) is 6.33. The molecule has 0 aliphatic carbocycles. The summed E-state index contributed by atoms with van der Waals surface area (Å²) in [5, 5.41) is 9.48. The second-order valence-electron chi connectivity index (χ2n) is 8.09. The molecule has 4 N–H and O–H groups in total. The van der Waals surface area contributed by atoms with Gasteiger partial charge in [0.15, 0.2) is 11.6 Å². The van der Waals surface area contributed by atoms with Crippen molar-refractivity contribution in [1.29, 1.82) is 0 Å². The second-order valence-corrected chi connectivity index (χ2v) is 8.09. The molecule has 10 heteroatoms. The number of aromatic amines is 1. The van der Waals surface area contributed by atoms with E-state index in [1.54, 1.807) is 24.5 Å². The molecule has 5 rings (SSSR count). The predicted octanol–water partition coefficient (Wildman–Crippen LogP) is 2.62. The average molecular weight is 468 g/mol. The molecular weight excluding hydrogens is 441 g/mol. The van der Waals surface area contributed by atoms with E-state index in [4.69, 9.17) is 14.2 Å². The summed E-state index contributed by atoms with van der Waals surface area (Å²) in [4.78, 5) is 20.5. The topological polar surface area (TPSA) is 110 Å². The van der Waals surface area contributed by atoms with Crippen molar-refractivity contribution in [3.05, 3.63) is 53.7 Å². The summed E-state index contributed by atoms with van der Waals surface area (Å²) >= 11 is 0. The maximum atomic E-state index is 14.4. The van der Waals surface area contributed by atoms with Gasteiger partial charge in [0.2, 0.25) is 0 Å². The summed E-state index contributed by atoms with van der Waals surface area (Å²) in [5.41, 5.74) is 3.58. The normalized spacial score (nSPS) is 17.6. The van der Waals surface area contributed by atoms with Crippen molar-refractivity contribution in [2.75, 3.05) is 45.3 Å². The summed E-state index contributed by atoms with van der Waals surface area (Å²) in [6.07, 6.45) is 3.95. The lowest BCUT2D eigenvalue weighted by atomic mass is 10.0. The van der Waals surface area contributed by atoms with Gasteiger partial charge in [-0.3, -0.25) is 9.78 Å². The summed E-state index contributed by atoms with van der Waals surface area (Å²) < 4.78 is 31.3. The molecule has 2 aliphatic heterocycles. The molecule has 4 heterocycles. The van der Waals surface area contributed by atoms with E-state index in [0.29, 0.717) is 61.2 Å². The number of pyridine rings is 1. The van der Waals surface area contributed by atoms with Crippen LogP contribution in [-0.4, -0.2) is 61.9 Å². The van der Waals surface area contributed by atoms with Crippen molar-refractivity contribution in [3.8, 4) is 22.8 Å². The van der Waals surface area contributed by atoms with Crippen molar-refractivity contribution in [3.63, 3.8) is 0 Å². The van der Waals surface area contributed by atoms with E-state index in [1.165, 1.54) is 13.2 Å². The number of H-pyrrole nitrogens is 1. The zero-order chi connectivity index (χ0) is 23.5. The molecule has 1 fully saturated rings. The lowest BCUT2D eigenvalue weighted by Gasteiger charge is -2.24. The Hall–Kier alpha value is -3.63. The third-order valence-electron chi connectivity index (χ3n) is 5.89. The predicted molar refractivity (Wildman–Crippen MR) is 124 cm³/mol. The fourth-order valence-electron chi connectivity index (χ4n) is 4.27. The van der Waals surface area contributed by atoms with Crippen molar-refractivity contribution in [2.24, 2.45) is 0 Å². The minimum atomic E-state index is -0.502. The lowest BCUT2D eigenvalue weighted by molar-refractivity contribution is 0.0593. The molecule has 1 saturated heterocycles. The molecule has 0 bridgehead atoms. The molecule has 2 aliphatic rings. The van der Waals surface area contributed by atoms with Gasteiger partial charge in [-0.05, 0) is 18.2 Å². The molecule has 0 spiro atoms. The molecule has 0 radical (unpaired) electrons. The van der Waals surface area contributed by atoms with Crippen LogP contribution in [0.25, 0.3) is 11.3 Å². The highest BCUT2D eigenvalue weighted by atomic mass is 19.1. The number of hydrogen-bond donors (Lipinski definition) is 4. The number of halogens is 1. The van der Waals surface area contributed by atoms with Gasteiger partial charge in [0.1, 0.15) is 12.4 Å². The first-order valence-electron chi connectivity index (χ1n) is 11.2. The van der Waals surface area contributed by atoms with Crippen LogP contribution in [-0.2, 0) is 11.2 Å². The van der Waals surface area contributed by atoms with Gasteiger partial charge in [0.25, 0.3) is 5.91 Å². The van der Waals surface area contributed by atoms with Crippen LogP contribution in [0.5, 0.6) is 11.5 Å². The van der Waals surface area contributed by atoms with Crippen LogP contribution >= 0.6 is 0 Å². The minimum absolute atomic E-state index is 0.0641. The average Bonchev–Trinajstić information content (AvgIpc) is 3.23. The van der Waals surface area contributed by atoms with Crippen LogP contribution in [0.1, 0.15) is 16.1 Å². The van der Waals surface area contributed by atoms with Gasteiger partial charge in [-0.1, -0.05) is 6.07 Å². The third kappa shape index (κ3) is 4.29. The largest absolute Gasteiger partial charge is 0.492 e. The number of carbonyl (C=O) groups is 1.